The van der Waals surface area contributed by atoms with E-state index in [2.05, 4.69) is 15.5 Å². The Labute approximate surface area is 179 Å². The summed E-state index contributed by atoms with van der Waals surface area (Å²) in [7, 11) is 4.71. The van der Waals surface area contributed by atoms with Crippen LogP contribution in [0.4, 0.5) is 10.5 Å². The number of amides is 2. The largest absolute Gasteiger partial charge is 0.496 e. The minimum Gasteiger partial charge on any atom is -0.496 e. The van der Waals surface area contributed by atoms with Gasteiger partial charge in [-0.3, -0.25) is 0 Å². The average molecular weight is 424 g/mol. The molecule has 162 valence electrons. The average Bonchev–Trinajstić information content (AvgIpc) is 3.48. The number of hydrogen-bond acceptors (Lipinski definition) is 7. The van der Waals surface area contributed by atoms with Crippen LogP contribution in [0.25, 0.3) is 11.4 Å². The van der Waals surface area contributed by atoms with Crippen molar-refractivity contribution >= 4 is 11.7 Å². The van der Waals surface area contributed by atoms with Crippen molar-refractivity contribution in [1.82, 2.24) is 15.0 Å². The molecule has 9 nitrogen and oxygen atoms in total. The van der Waals surface area contributed by atoms with E-state index in [1.165, 1.54) is 0 Å². The number of carbonyl (C=O) groups is 1. The lowest BCUT2D eigenvalue weighted by Gasteiger charge is -2.22. The molecule has 0 aliphatic carbocycles. The molecule has 2 aromatic carbocycles. The van der Waals surface area contributed by atoms with Gasteiger partial charge >= 0.3 is 6.03 Å². The van der Waals surface area contributed by atoms with Gasteiger partial charge < -0.3 is 29.0 Å². The molecule has 1 atom stereocenters. The van der Waals surface area contributed by atoms with Crippen molar-refractivity contribution in [1.29, 1.82) is 0 Å². The van der Waals surface area contributed by atoms with Crippen molar-refractivity contribution in [2.24, 2.45) is 0 Å². The van der Waals surface area contributed by atoms with Gasteiger partial charge in [0.1, 0.15) is 11.8 Å². The normalized spacial score (nSPS) is 15.6. The van der Waals surface area contributed by atoms with Crippen LogP contribution in [-0.4, -0.2) is 48.9 Å². The Morgan fingerprint density at radius 1 is 1.06 bits per heavy atom. The van der Waals surface area contributed by atoms with E-state index in [-0.39, 0.29) is 12.1 Å². The molecule has 0 spiro atoms. The summed E-state index contributed by atoms with van der Waals surface area (Å²) in [5.74, 6) is 2.62. The summed E-state index contributed by atoms with van der Waals surface area (Å²) in [4.78, 5) is 19.2. The van der Waals surface area contributed by atoms with Crippen LogP contribution in [0.5, 0.6) is 17.2 Å². The number of nitrogens with one attached hydrogen (secondary N) is 1. The van der Waals surface area contributed by atoms with Crippen molar-refractivity contribution < 1.29 is 23.5 Å². The third-order valence-electron chi connectivity index (χ3n) is 5.22. The minimum atomic E-state index is -0.295. The van der Waals surface area contributed by atoms with Gasteiger partial charge in [0.2, 0.25) is 11.7 Å². The number of ether oxygens (including phenoxy) is 3. The predicted molar refractivity (Wildman–Crippen MR) is 114 cm³/mol. The molecular weight excluding hydrogens is 400 g/mol. The molecule has 1 saturated heterocycles. The van der Waals surface area contributed by atoms with E-state index < -0.39 is 0 Å². The summed E-state index contributed by atoms with van der Waals surface area (Å²) in [6.45, 7) is 0.593. The van der Waals surface area contributed by atoms with Crippen molar-refractivity contribution in [2.45, 2.75) is 18.9 Å². The molecule has 3 aromatic rings. The zero-order chi connectivity index (χ0) is 21.8. The highest BCUT2D eigenvalue weighted by Gasteiger charge is 2.34. The van der Waals surface area contributed by atoms with Gasteiger partial charge in [0, 0.05) is 18.3 Å². The molecule has 1 aliphatic rings. The molecule has 31 heavy (non-hydrogen) atoms. The van der Waals surface area contributed by atoms with E-state index in [1.807, 2.05) is 24.3 Å². The smallest absolute Gasteiger partial charge is 0.322 e. The number of likely N-dealkylation sites (tertiary alicyclic amines) is 1. The second kappa shape index (κ2) is 8.95. The van der Waals surface area contributed by atoms with Gasteiger partial charge in [-0.2, -0.15) is 4.98 Å². The summed E-state index contributed by atoms with van der Waals surface area (Å²) in [6, 6.07) is 12.1. The topological polar surface area (TPSA) is 99.0 Å². The van der Waals surface area contributed by atoms with Gasteiger partial charge in [0.25, 0.3) is 0 Å². The number of rotatable bonds is 6. The lowest BCUT2D eigenvalue weighted by atomic mass is 10.2. The summed E-state index contributed by atoms with van der Waals surface area (Å²) in [5.41, 5.74) is 1.34. The Bertz CT molecular complexity index is 1070. The Kier molecular flexibility index (Phi) is 5.92. The summed E-state index contributed by atoms with van der Waals surface area (Å²) >= 11 is 0. The maximum absolute atomic E-state index is 13.0. The van der Waals surface area contributed by atoms with Crippen LogP contribution in [-0.2, 0) is 0 Å². The maximum Gasteiger partial charge on any atom is 0.322 e. The highest BCUT2D eigenvalue weighted by Crippen LogP contribution is 2.35. The van der Waals surface area contributed by atoms with E-state index in [0.29, 0.717) is 41.2 Å². The lowest BCUT2D eigenvalue weighted by molar-refractivity contribution is 0.193. The fourth-order valence-corrected chi connectivity index (χ4v) is 3.69. The van der Waals surface area contributed by atoms with Crippen LogP contribution in [0, 0.1) is 0 Å². The second-order valence-electron chi connectivity index (χ2n) is 7.01. The predicted octanol–water partition coefficient (Wildman–Crippen LogP) is 4.13. The van der Waals surface area contributed by atoms with Gasteiger partial charge in [-0.25, -0.2) is 4.79 Å². The number of aromatic nitrogens is 2. The standard InChI is InChI=1S/C22H24N4O5/c1-28-17-9-5-4-7-15(17)20-24-21(31-25-20)16-8-6-12-26(16)22(27)23-14-10-11-18(29-2)19(13-14)30-3/h4-5,7,9-11,13,16H,6,8,12H2,1-3H3,(H,23,27). The molecule has 9 heteroatoms. The van der Waals surface area contributed by atoms with Crippen LogP contribution in [0.15, 0.2) is 47.0 Å². The van der Waals surface area contributed by atoms with Crippen molar-refractivity contribution in [3.63, 3.8) is 0 Å². The van der Waals surface area contributed by atoms with Gasteiger partial charge in [-0.1, -0.05) is 17.3 Å². The van der Waals surface area contributed by atoms with Gasteiger partial charge in [0.05, 0.1) is 26.9 Å². The van der Waals surface area contributed by atoms with Gasteiger partial charge in [0.15, 0.2) is 11.5 Å². The molecule has 1 aromatic heterocycles. The Morgan fingerprint density at radius 3 is 2.61 bits per heavy atom. The highest BCUT2D eigenvalue weighted by molar-refractivity contribution is 5.90. The summed E-state index contributed by atoms with van der Waals surface area (Å²) < 4.78 is 21.5. The van der Waals surface area contributed by atoms with Gasteiger partial charge in [-0.15, -0.1) is 0 Å². The molecule has 1 unspecified atom stereocenters. The number of nitrogens with zero attached hydrogens (tertiary/aromatic N) is 3. The third-order valence-corrected chi connectivity index (χ3v) is 5.22. The van der Waals surface area contributed by atoms with Crippen molar-refractivity contribution in [3.05, 3.63) is 48.4 Å². The molecule has 1 fully saturated rings. The number of anilines is 1. The number of hydrogen-bond donors (Lipinski definition) is 1. The SMILES string of the molecule is COc1ccc(NC(=O)N2CCCC2c2nc(-c3ccccc3OC)no2)cc1OC. The van der Waals surface area contributed by atoms with E-state index in [1.54, 1.807) is 44.4 Å². The van der Waals surface area contributed by atoms with Crippen LogP contribution < -0.4 is 19.5 Å². The van der Waals surface area contributed by atoms with E-state index in [4.69, 9.17) is 18.7 Å². The maximum atomic E-state index is 13.0. The van der Waals surface area contributed by atoms with E-state index in [9.17, 15) is 4.79 Å². The lowest BCUT2D eigenvalue weighted by Crippen LogP contribution is -2.34. The van der Waals surface area contributed by atoms with Crippen LogP contribution in [0.3, 0.4) is 0 Å². The number of urea groups is 1. The van der Waals surface area contributed by atoms with Crippen LogP contribution >= 0.6 is 0 Å². The van der Waals surface area contributed by atoms with Crippen LogP contribution in [0.2, 0.25) is 0 Å². The minimum absolute atomic E-state index is 0.244. The molecule has 2 amide bonds. The monoisotopic (exact) mass is 424 g/mol. The first-order valence-corrected chi connectivity index (χ1v) is 9.91. The summed E-state index contributed by atoms with van der Waals surface area (Å²) in [5, 5.41) is 7.01. The molecule has 4 rings (SSSR count). The van der Waals surface area contributed by atoms with Crippen molar-refractivity contribution in [2.75, 3.05) is 33.2 Å². The third kappa shape index (κ3) is 4.11. The molecule has 0 bridgehead atoms. The van der Waals surface area contributed by atoms with Crippen molar-refractivity contribution in [3.8, 4) is 28.6 Å². The Morgan fingerprint density at radius 2 is 1.84 bits per heavy atom. The van der Waals surface area contributed by atoms with E-state index in [0.717, 1.165) is 18.4 Å². The second-order valence-corrected chi connectivity index (χ2v) is 7.01. The zero-order valence-electron chi connectivity index (χ0n) is 17.6. The number of methoxy groups -OCH3 is 3. The highest BCUT2D eigenvalue weighted by atomic mass is 16.5. The van der Waals surface area contributed by atoms with Gasteiger partial charge in [-0.05, 0) is 37.1 Å². The Balaban J connectivity index is 1.52. The quantitative estimate of drug-likeness (QED) is 0.635. The fraction of sp³-hybridized carbons (Fsp3) is 0.318. The van der Waals surface area contributed by atoms with E-state index >= 15 is 0 Å². The number of benzene rings is 2. The number of para-hydroxylation sites is 1. The number of carbonyl (C=O) groups excluding carboxylic acids is 1. The fourth-order valence-electron chi connectivity index (χ4n) is 3.69. The first-order chi connectivity index (χ1) is 15.1. The van der Waals surface area contributed by atoms with Crippen LogP contribution in [0.1, 0.15) is 24.8 Å². The molecule has 2 heterocycles. The zero-order valence-corrected chi connectivity index (χ0v) is 17.6. The first-order valence-electron chi connectivity index (χ1n) is 9.91. The summed E-state index contributed by atoms with van der Waals surface area (Å²) in [6.07, 6.45) is 1.59. The molecule has 0 radical (unpaired) electrons. The molecule has 1 aliphatic heterocycles. The Hall–Kier alpha value is -3.75. The first kappa shape index (κ1) is 20.5. The molecular formula is C22H24N4O5. The molecule has 0 saturated carbocycles. The molecule has 1 N–H and O–H groups in total.